The van der Waals surface area contributed by atoms with Gasteiger partial charge in [0.15, 0.2) is 0 Å². The molecule has 2 nitrogen and oxygen atoms in total. The van der Waals surface area contributed by atoms with Crippen molar-refractivity contribution in [1.29, 1.82) is 0 Å². The lowest BCUT2D eigenvalue weighted by Crippen LogP contribution is -2.39. The number of esters is 1. The van der Waals surface area contributed by atoms with E-state index in [0.29, 0.717) is 23.2 Å². The van der Waals surface area contributed by atoms with Crippen LogP contribution in [0.1, 0.15) is 97.8 Å². The van der Waals surface area contributed by atoms with Crippen molar-refractivity contribution in [2.24, 2.45) is 40.9 Å². The van der Waals surface area contributed by atoms with Crippen LogP contribution in [-0.2, 0) is 9.53 Å². The second-order valence-corrected chi connectivity index (χ2v) is 10.8. The first-order valence-corrected chi connectivity index (χ1v) is 11.7. The van der Waals surface area contributed by atoms with Gasteiger partial charge in [-0.2, -0.15) is 0 Å². The van der Waals surface area contributed by atoms with Crippen LogP contribution in [0.3, 0.4) is 0 Å². The summed E-state index contributed by atoms with van der Waals surface area (Å²) in [6.07, 6.45) is 16.4. The van der Waals surface area contributed by atoms with E-state index in [1.165, 1.54) is 77.0 Å². The molecule has 4 aliphatic rings. The predicted molar refractivity (Wildman–Crippen MR) is 106 cm³/mol. The summed E-state index contributed by atoms with van der Waals surface area (Å²) >= 11 is 0. The summed E-state index contributed by atoms with van der Waals surface area (Å²) in [7, 11) is 0. The third-order valence-corrected chi connectivity index (χ3v) is 9.15. The van der Waals surface area contributed by atoms with Crippen molar-refractivity contribution in [3.63, 3.8) is 0 Å². The molecule has 1 heterocycles. The van der Waals surface area contributed by atoms with Crippen LogP contribution < -0.4 is 0 Å². The molecule has 0 bridgehead atoms. The number of rotatable bonds is 3. The highest BCUT2D eigenvalue weighted by molar-refractivity contribution is 5.75. The Labute approximate surface area is 160 Å². The van der Waals surface area contributed by atoms with Crippen LogP contribution in [-0.4, -0.2) is 12.1 Å². The Bertz CT molecular complexity index is 496. The van der Waals surface area contributed by atoms with Crippen molar-refractivity contribution < 1.29 is 9.53 Å². The molecule has 0 radical (unpaired) electrons. The van der Waals surface area contributed by atoms with E-state index < -0.39 is 0 Å². The second kappa shape index (κ2) is 7.47. The molecule has 0 aromatic rings. The van der Waals surface area contributed by atoms with Crippen LogP contribution >= 0.6 is 0 Å². The molecule has 1 saturated heterocycles. The summed E-state index contributed by atoms with van der Waals surface area (Å²) in [5.41, 5.74) is 0.490. The van der Waals surface area contributed by atoms with Gasteiger partial charge in [0.05, 0.1) is 5.92 Å². The fourth-order valence-electron chi connectivity index (χ4n) is 7.35. The van der Waals surface area contributed by atoms with Crippen LogP contribution in [0, 0.1) is 40.9 Å². The maximum absolute atomic E-state index is 12.7. The zero-order chi connectivity index (χ0) is 18.3. The van der Waals surface area contributed by atoms with Gasteiger partial charge in [-0.05, 0) is 80.5 Å². The van der Waals surface area contributed by atoms with E-state index in [1.807, 2.05) is 0 Å². The van der Waals surface area contributed by atoms with Crippen molar-refractivity contribution in [1.82, 2.24) is 0 Å². The number of ether oxygens (including phenoxy) is 1. The van der Waals surface area contributed by atoms with Crippen LogP contribution in [0.25, 0.3) is 0 Å². The number of hydrogen-bond donors (Lipinski definition) is 0. The zero-order valence-corrected chi connectivity index (χ0v) is 17.3. The molecule has 0 spiro atoms. The van der Waals surface area contributed by atoms with Gasteiger partial charge in [0.1, 0.15) is 6.10 Å². The summed E-state index contributed by atoms with van der Waals surface area (Å²) < 4.78 is 5.89. The molecule has 0 amide bonds. The Morgan fingerprint density at radius 3 is 2.15 bits per heavy atom. The topological polar surface area (TPSA) is 26.3 Å². The van der Waals surface area contributed by atoms with E-state index in [1.54, 1.807) is 0 Å². The smallest absolute Gasteiger partial charge is 0.309 e. The van der Waals surface area contributed by atoms with Gasteiger partial charge < -0.3 is 4.74 Å². The fraction of sp³-hybridized carbons (Fsp3) is 0.958. The number of hydrogen-bond acceptors (Lipinski definition) is 2. The largest absolute Gasteiger partial charge is 0.462 e. The molecule has 4 atom stereocenters. The van der Waals surface area contributed by atoms with Gasteiger partial charge in [0, 0.05) is 5.92 Å². The second-order valence-electron chi connectivity index (χ2n) is 10.8. The number of carbonyl (C=O) groups excluding carboxylic acids is 1. The van der Waals surface area contributed by atoms with E-state index in [2.05, 4.69) is 20.8 Å². The van der Waals surface area contributed by atoms with E-state index >= 15 is 0 Å². The Morgan fingerprint density at radius 1 is 0.808 bits per heavy atom. The highest BCUT2D eigenvalue weighted by Gasteiger charge is 2.52. The summed E-state index contributed by atoms with van der Waals surface area (Å²) in [4.78, 5) is 12.7. The molecule has 3 saturated carbocycles. The van der Waals surface area contributed by atoms with Gasteiger partial charge in [-0.15, -0.1) is 0 Å². The Hall–Kier alpha value is -0.530. The maximum Gasteiger partial charge on any atom is 0.309 e. The molecule has 4 rings (SSSR count). The number of fused-ring (bicyclic) bond motifs is 1. The third-order valence-electron chi connectivity index (χ3n) is 9.15. The van der Waals surface area contributed by atoms with Crippen molar-refractivity contribution in [3.8, 4) is 0 Å². The molecule has 0 aromatic carbocycles. The monoisotopic (exact) mass is 360 g/mol. The van der Waals surface area contributed by atoms with Crippen molar-refractivity contribution >= 4 is 5.97 Å². The van der Waals surface area contributed by atoms with Gasteiger partial charge in [-0.1, -0.05) is 46.5 Å². The minimum absolute atomic E-state index is 0.156. The molecule has 0 aromatic heterocycles. The molecule has 0 N–H and O–H groups in total. The van der Waals surface area contributed by atoms with E-state index in [9.17, 15) is 4.79 Å². The Balaban J connectivity index is 1.38. The van der Waals surface area contributed by atoms with E-state index in [0.717, 1.165) is 11.8 Å². The molecule has 2 heteroatoms. The van der Waals surface area contributed by atoms with Gasteiger partial charge in [-0.3, -0.25) is 4.79 Å². The van der Waals surface area contributed by atoms with Gasteiger partial charge in [0.25, 0.3) is 0 Å². The molecular formula is C24H40O2. The first-order valence-electron chi connectivity index (χ1n) is 11.7. The lowest BCUT2D eigenvalue weighted by molar-refractivity contribution is -0.147. The van der Waals surface area contributed by atoms with E-state index in [-0.39, 0.29) is 18.0 Å². The average Bonchev–Trinajstić information content (AvgIpc) is 3.00. The SMILES string of the molecule is CC1CCCC2C1OC(=O)C2C1CCC(C(C)(C)C2CCCCC2)CC1. The van der Waals surface area contributed by atoms with Crippen molar-refractivity contribution in [3.05, 3.63) is 0 Å². The Morgan fingerprint density at radius 2 is 1.46 bits per heavy atom. The van der Waals surface area contributed by atoms with Crippen molar-refractivity contribution in [2.45, 2.75) is 104 Å². The first-order chi connectivity index (χ1) is 12.5. The van der Waals surface area contributed by atoms with Crippen LogP contribution in [0.15, 0.2) is 0 Å². The zero-order valence-electron chi connectivity index (χ0n) is 17.3. The average molecular weight is 361 g/mol. The standard InChI is InChI=1S/C24H40O2/c1-16-8-7-11-20-21(23(25)26-22(16)20)17-12-14-19(15-13-17)24(2,3)18-9-5-4-6-10-18/h16-22H,4-15H2,1-3H3. The Kier molecular flexibility index (Phi) is 5.41. The highest BCUT2D eigenvalue weighted by Crippen LogP contribution is 2.53. The molecule has 4 fully saturated rings. The fourth-order valence-corrected chi connectivity index (χ4v) is 7.35. The van der Waals surface area contributed by atoms with Crippen LogP contribution in [0.5, 0.6) is 0 Å². The molecule has 3 aliphatic carbocycles. The first kappa shape index (κ1) is 18.8. The summed E-state index contributed by atoms with van der Waals surface area (Å²) in [6, 6.07) is 0. The predicted octanol–water partition coefficient (Wildman–Crippen LogP) is 6.38. The molecule has 1 aliphatic heterocycles. The minimum Gasteiger partial charge on any atom is -0.462 e. The quantitative estimate of drug-likeness (QED) is 0.546. The van der Waals surface area contributed by atoms with Crippen molar-refractivity contribution in [2.75, 3.05) is 0 Å². The third kappa shape index (κ3) is 3.35. The summed E-state index contributed by atoms with van der Waals surface area (Å²) in [6.45, 7) is 7.39. The lowest BCUT2D eigenvalue weighted by atomic mass is 9.58. The molecule has 26 heavy (non-hydrogen) atoms. The normalized spacial score (nSPS) is 42.3. The van der Waals surface area contributed by atoms with Gasteiger partial charge in [0.2, 0.25) is 0 Å². The van der Waals surface area contributed by atoms with E-state index in [4.69, 9.17) is 4.74 Å². The van der Waals surface area contributed by atoms with Crippen LogP contribution in [0.2, 0.25) is 0 Å². The maximum atomic E-state index is 12.7. The number of carbonyl (C=O) groups is 1. The van der Waals surface area contributed by atoms with Gasteiger partial charge in [-0.25, -0.2) is 0 Å². The highest BCUT2D eigenvalue weighted by atomic mass is 16.6. The summed E-state index contributed by atoms with van der Waals surface area (Å²) in [5.74, 6) is 3.87. The molecule has 4 unspecified atom stereocenters. The summed E-state index contributed by atoms with van der Waals surface area (Å²) in [5, 5.41) is 0. The molecular weight excluding hydrogens is 320 g/mol. The minimum atomic E-state index is 0.156. The molecule has 148 valence electrons. The van der Waals surface area contributed by atoms with Crippen LogP contribution in [0.4, 0.5) is 0 Å². The van der Waals surface area contributed by atoms with Gasteiger partial charge >= 0.3 is 5.97 Å². The lowest BCUT2D eigenvalue weighted by Gasteiger charge is -2.46.